The first kappa shape index (κ1) is 13.1. The van der Waals surface area contributed by atoms with Crippen molar-refractivity contribution >= 4 is 37.7 Å². The van der Waals surface area contributed by atoms with Gasteiger partial charge in [-0.1, -0.05) is 18.2 Å². The lowest BCUT2D eigenvalue weighted by molar-refractivity contribution is 0.665. The van der Waals surface area contributed by atoms with Crippen LogP contribution in [0.25, 0.3) is 33.2 Å². The molecule has 0 unspecified atom stereocenters. The van der Waals surface area contributed by atoms with Crippen LogP contribution < -0.4 is 5.56 Å². The summed E-state index contributed by atoms with van der Waals surface area (Å²) in [5, 5.41) is 1.90. The number of para-hydroxylation sites is 1. The van der Waals surface area contributed by atoms with Gasteiger partial charge in [0.25, 0.3) is 5.56 Å². The van der Waals surface area contributed by atoms with Gasteiger partial charge in [0, 0.05) is 28.1 Å². The largest absolute Gasteiger partial charge is 0.353 e. The quantitative estimate of drug-likeness (QED) is 0.514. The van der Waals surface area contributed by atoms with E-state index in [0.717, 1.165) is 33.3 Å². The van der Waals surface area contributed by atoms with E-state index in [2.05, 4.69) is 44.1 Å². The van der Waals surface area contributed by atoms with Crippen molar-refractivity contribution in [3.05, 3.63) is 63.0 Å². The summed E-state index contributed by atoms with van der Waals surface area (Å²) in [6, 6.07) is 12.1. The van der Waals surface area contributed by atoms with Gasteiger partial charge in [-0.25, -0.2) is 0 Å². The SMILES string of the molecule is O=c1c2cc(Br)cnc2cc2n1CCc1c-2[nH]c2ccccc12. The van der Waals surface area contributed by atoms with Crippen LogP contribution in [-0.4, -0.2) is 14.5 Å². The second-order valence-electron chi connectivity index (χ2n) is 5.85. The van der Waals surface area contributed by atoms with Crippen molar-refractivity contribution in [1.29, 1.82) is 0 Å². The molecule has 0 atom stereocenters. The van der Waals surface area contributed by atoms with E-state index in [1.807, 2.05) is 22.8 Å². The Balaban J connectivity index is 1.90. The predicted molar refractivity (Wildman–Crippen MR) is 94.7 cm³/mol. The number of benzene rings is 1. The van der Waals surface area contributed by atoms with Crippen LogP contribution in [-0.2, 0) is 13.0 Å². The van der Waals surface area contributed by atoms with Crippen molar-refractivity contribution in [3.8, 4) is 11.4 Å². The number of fused-ring (bicyclic) bond motifs is 6. The molecule has 1 aromatic carbocycles. The van der Waals surface area contributed by atoms with Gasteiger partial charge in [-0.05, 0) is 46.1 Å². The van der Waals surface area contributed by atoms with E-state index in [9.17, 15) is 4.79 Å². The van der Waals surface area contributed by atoms with Crippen molar-refractivity contribution < 1.29 is 0 Å². The number of hydrogen-bond acceptors (Lipinski definition) is 2. The number of hydrogen-bond donors (Lipinski definition) is 1. The lowest BCUT2D eigenvalue weighted by Crippen LogP contribution is -2.26. The van der Waals surface area contributed by atoms with E-state index >= 15 is 0 Å². The average Bonchev–Trinajstić information content (AvgIpc) is 2.95. The summed E-state index contributed by atoms with van der Waals surface area (Å²) in [4.78, 5) is 20.7. The zero-order valence-corrected chi connectivity index (χ0v) is 13.7. The normalized spacial score (nSPS) is 13.3. The summed E-state index contributed by atoms with van der Waals surface area (Å²) in [6.07, 6.45) is 2.59. The predicted octanol–water partition coefficient (Wildman–Crippen LogP) is 3.86. The Morgan fingerprint density at radius 1 is 1.17 bits per heavy atom. The maximum absolute atomic E-state index is 12.8. The Kier molecular flexibility index (Phi) is 2.59. The van der Waals surface area contributed by atoms with Crippen LogP contribution >= 0.6 is 15.9 Å². The van der Waals surface area contributed by atoms with Crippen LogP contribution in [0.5, 0.6) is 0 Å². The van der Waals surface area contributed by atoms with Gasteiger partial charge in [0.1, 0.15) is 0 Å². The van der Waals surface area contributed by atoms with Crippen molar-refractivity contribution in [2.75, 3.05) is 0 Å². The molecule has 0 spiro atoms. The lowest BCUT2D eigenvalue weighted by atomic mass is 10.0. The Morgan fingerprint density at radius 2 is 2.04 bits per heavy atom. The van der Waals surface area contributed by atoms with Crippen LogP contribution in [0.2, 0.25) is 0 Å². The molecular formula is C18H12BrN3O. The van der Waals surface area contributed by atoms with Crippen LogP contribution in [0.3, 0.4) is 0 Å². The summed E-state index contributed by atoms with van der Waals surface area (Å²) in [5.74, 6) is 0. The zero-order chi connectivity index (χ0) is 15.6. The number of aromatic nitrogens is 3. The third kappa shape index (κ3) is 1.77. The first-order valence-electron chi connectivity index (χ1n) is 7.51. The molecule has 5 rings (SSSR count). The standard InChI is InChI=1S/C18H12BrN3O/c19-10-7-13-15(20-9-10)8-16-17-12(5-6-22(16)18(13)23)11-3-1-2-4-14(11)21-17/h1-4,7-9,21H,5-6H2. The number of aryl methyl sites for hydroxylation is 1. The molecule has 0 aliphatic carbocycles. The molecule has 1 N–H and O–H groups in total. The number of nitrogens with one attached hydrogen (secondary N) is 1. The highest BCUT2D eigenvalue weighted by molar-refractivity contribution is 9.10. The third-order valence-electron chi connectivity index (χ3n) is 4.58. The summed E-state index contributed by atoms with van der Waals surface area (Å²) in [6.45, 7) is 0.700. The molecule has 112 valence electrons. The van der Waals surface area contributed by atoms with Crippen LogP contribution in [0.15, 0.2) is 51.9 Å². The smallest absolute Gasteiger partial charge is 0.260 e. The zero-order valence-electron chi connectivity index (χ0n) is 12.1. The fourth-order valence-corrected chi connectivity index (χ4v) is 3.86. The number of nitrogens with zero attached hydrogens (tertiary/aromatic N) is 2. The molecule has 4 heterocycles. The molecule has 3 aromatic heterocycles. The second kappa shape index (κ2) is 4.55. The lowest BCUT2D eigenvalue weighted by Gasteiger charge is -2.19. The maximum atomic E-state index is 12.8. The van der Waals surface area contributed by atoms with Crippen molar-refractivity contribution in [2.45, 2.75) is 13.0 Å². The number of H-pyrrole nitrogens is 1. The molecule has 0 bridgehead atoms. The Hall–Kier alpha value is -2.40. The van der Waals surface area contributed by atoms with Gasteiger partial charge in [0.2, 0.25) is 0 Å². The second-order valence-corrected chi connectivity index (χ2v) is 6.76. The highest BCUT2D eigenvalue weighted by Crippen LogP contribution is 2.34. The van der Waals surface area contributed by atoms with Gasteiger partial charge in [0.15, 0.2) is 0 Å². The van der Waals surface area contributed by atoms with Gasteiger partial charge >= 0.3 is 0 Å². The molecule has 23 heavy (non-hydrogen) atoms. The monoisotopic (exact) mass is 365 g/mol. The summed E-state index contributed by atoms with van der Waals surface area (Å²) < 4.78 is 2.68. The summed E-state index contributed by atoms with van der Waals surface area (Å²) >= 11 is 3.39. The van der Waals surface area contributed by atoms with E-state index in [-0.39, 0.29) is 5.56 Å². The minimum atomic E-state index is 0.0237. The topological polar surface area (TPSA) is 50.7 Å². The molecule has 1 aliphatic rings. The van der Waals surface area contributed by atoms with E-state index in [4.69, 9.17) is 0 Å². The van der Waals surface area contributed by atoms with Crippen molar-refractivity contribution in [1.82, 2.24) is 14.5 Å². The number of rotatable bonds is 0. The molecule has 0 radical (unpaired) electrons. The van der Waals surface area contributed by atoms with Crippen molar-refractivity contribution in [2.24, 2.45) is 0 Å². The van der Waals surface area contributed by atoms with E-state index < -0.39 is 0 Å². The summed E-state index contributed by atoms with van der Waals surface area (Å²) in [5.41, 5.74) is 5.13. The van der Waals surface area contributed by atoms with Gasteiger partial charge in [0.05, 0.1) is 22.3 Å². The van der Waals surface area contributed by atoms with Gasteiger partial charge in [-0.3, -0.25) is 9.78 Å². The van der Waals surface area contributed by atoms with Crippen LogP contribution in [0.1, 0.15) is 5.56 Å². The van der Waals surface area contributed by atoms with Crippen LogP contribution in [0.4, 0.5) is 0 Å². The molecule has 4 aromatic rings. The number of halogens is 1. The molecule has 5 heteroatoms. The molecule has 4 nitrogen and oxygen atoms in total. The number of pyridine rings is 2. The first-order valence-corrected chi connectivity index (χ1v) is 8.31. The van der Waals surface area contributed by atoms with E-state index in [1.54, 1.807) is 6.20 Å². The fraction of sp³-hybridized carbons (Fsp3) is 0.111. The van der Waals surface area contributed by atoms with E-state index in [0.29, 0.717) is 11.9 Å². The molecule has 0 amide bonds. The van der Waals surface area contributed by atoms with Gasteiger partial charge in [-0.15, -0.1) is 0 Å². The molecule has 0 saturated carbocycles. The molecule has 0 saturated heterocycles. The maximum Gasteiger partial charge on any atom is 0.260 e. The molecule has 0 fully saturated rings. The van der Waals surface area contributed by atoms with Gasteiger partial charge < -0.3 is 9.55 Å². The minimum Gasteiger partial charge on any atom is -0.353 e. The summed E-state index contributed by atoms with van der Waals surface area (Å²) in [7, 11) is 0. The molecule has 1 aliphatic heterocycles. The molecular weight excluding hydrogens is 354 g/mol. The Labute approximate surface area is 139 Å². The van der Waals surface area contributed by atoms with Crippen molar-refractivity contribution in [3.63, 3.8) is 0 Å². The van der Waals surface area contributed by atoms with E-state index in [1.165, 1.54) is 10.9 Å². The average molecular weight is 366 g/mol. The highest BCUT2D eigenvalue weighted by Gasteiger charge is 2.22. The number of aromatic amines is 1. The first-order chi connectivity index (χ1) is 11.2. The Bertz CT molecular complexity index is 1160. The fourth-order valence-electron chi connectivity index (χ4n) is 3.53. The third-order valence-corrected chi connectivity index (χ3v) is 5.01. The van der Waals surface area contributed by atoms with Crippen LogP contribution in [0, 0.1) is 0 Å². The Morgan fingerprint density at radius 3 is 2.96 bits per heavy atom. The van der Waals surface area contributed by atoms with Gasteiger partial charge in [-0.2, -0.15) is 0 Å². The highest BCUT2D eigenvalue weighted by atomic mass is 79.9. The minimum absolute atomic E-state index is 0.0237.